The summed E-state index contributed by atoms with van der Waals surface area (Å²) >= 11 is 1.15. The molecule has 0 spiro atoms. The van der Waals surface area contributed by atoms with Gasteiger partial charge in [0, 0.05) is 26.2 Å². The van der Waals surface area contributed by atoms with Gasteiger partial charge in [-0.1, -0.05) is 51.1 Å². The molecule has 0 aliphatic carbocycles. The number of thiophene rings is 1. The third-order valence-corrected chi connectivity index (χ3v) is 9.85. The summed E-state index contributed by atoms with van der Waals surface area (Å²) < 4.78 is 27.0. The molecule has 1 N–H and O–H groups in total. The number of piperazine rings is 1. The van der Waals surface area contributed by atoms with Crippen molar-refractivity contribution in [2.45, 2.75) is 42.9 Å². The molecule has 9 nitrogen and oxygen atoms in total. The van der Waals surface area contributed by atoms with Crippen LogP contribution in [0.3, 0.4) is 0 Å². The maximum atomic E-state index is 13.2. The second kappa shape index (κ2) is 9.03. The summed E-state index contributed by atoms with van der Waals surface area (Å²) in [4.78, 5) is 41.3. The third kappa shape index (κ3) is 4.72. The summed E-state index contributed by atoms with van der Waals surface area (Å²) in [5, 5.41) is 4.44. The lowest BCUT2D eigenvalue weighted by molar-refractivity contribution is -0.139. The predicted molar refractivity (Wildman–Crippen MR) is 132 cm³/mol. The van der Waals surface area contributed by atoms with E-state index in [0.29, 0.717) is 5.56 Å². The fourth-order valence-corrected chi connectivity index (χ4v) is 6.86. The molecular formula is C24H30N4O5S2. The molecule has 2 aliphatic rings. The van der Waals surface area contributed by atoms with Gasteiger partial charge in [-0.3, -0.25) is 14.5 Å². The molecule has 4 rings (SSSR count). The number of urea groups is 1. The molecule has 11 heteroatoms. The van der Waals surface area contributed by atoms with Crippen LogP contribution in [0.25, 0.3) is 0 Å². The summed E-state index contributed by atoms with van der Waals surface area (Å²) in [6, 6.07) is 10.2. The van der Waals surface area contributed by atoms with Crippen molar-refractivity contribution in [1.82, 2.24) is 19.4 Å². The molecule has 1 aromatic carbocycles. The summed E-state index contributed by atoms with van der Waals surface area (Å²) in [6.45, 7) is 8.23. The van der Waals surface area contributed by atoms with E-state index in [0.717, 1.165) is 21.8 Å². The highest BCUT2D eigenvalue weighted by Gasteiger charge is 2.50. The smallest absolute Gasteiger partial charge is 0.325 e. The number of hydrogen-bond acceptors (Lipinski definition) is 6. The average molecular weight is 519 g/mol. The van der Waals surface area contributed by atoms with Gasteiger partial charge in [0.25, 0.3) is 15.9 Å². The molecular weight excluding hydrogens is 488 g/mol. The highest BCUT2D eigenvalue weighted by atomic mass is 32.2. The van der Waals surface area contributed by atoms with Crippen molar-refractivity contribution in [1.29, 1.82) is 0 Å². The van der Waals surface area contributed by atoms with Crippen LogP contribution in [0.4, 0.5) is 4.79 Å². The Morgan fingerprint density at radius 1 is 1.06 bits per heavy atom. The van der Waals surface area contributed by atoms with E-state index < -0.39 is 40.0 Å². The van der Waals surface area contributed by atoms with E-state index in [1.54, 1.807) is 24.4 Å². The van der Waals surface area contributed by atoms with Crippen LogP contribution < -0.4 is 5.32 Å². The number of carbonyl (C=O) groups is 3. The van der Waals surface area contributed by atoms with E-state index in [1.807, 2.05) is 24.3 Å². The molecule has 1 aromatic heterocycles. The van der Waals surface area contributed by atoms with Gasteiger partial charge in [0.15, 0.2) is 0 Å². The average Bonchev–Trinajstić information content (AvgIpc) is 3.43. The van der Waals surface area contributed by atoms with Crippen LogP contribution in [0, 0.1) is 0 Å². The standard InChI is InChI=1S/C24H30N4O5S2/c1-23(2,3)17-7-9-18(10-8-17)24(4)21(30)28(22(31)25-24)16-19(29)26-11-13-27(14-12-26)35(32,33)20-6-5-15-34-20/h5-10,15H,11-14,16H2,1-4H3,(H,25,31)/t24-/m0/s1. The molecule has 4 amide bonds. The normalized spacial score (nSPS) is 21.9. The number of sulfonamides is 1. The minimum Gasteiger partial charge on any atom is -0.338 e. The van der Waals surface area contributed by atoms with E-state index >= 15 is 0 Å². The van der Waals surface area contributed by atoms with Crippen molar-refractivity contribution in [3.8, 4) is 0 Å². The zero-order valence-corrected chi connectivity index (χ0v) is 21.9. The Morgan fingerprint density at radius 2 is 1.69 bits per heavy atom. The van der Waals surface area contributed by atoms with Gasteiger partial charge >= 0.3 is 6.03 Å². The first kappa shape index (κ1) is 25.3. The zero-order valence-electron chi connectivity index (χ0n) is 20.3. The van der Waals surface area contributed by atoms with Gasteiger partial charge in [0.1, 0.15) is 16.3 Å². The molecule has 35 heavy (non-hydrogen) atoms. The van der Waals surface area contributed by atoms with E-state index in [2.05, 4.69) is 26.1 Å². The first-order chi connectivity index (χ1) is 16.3. The fraction of sp³-hybridized carbons (Fsp3) is 0.458. The highest BCUT2D eigenvalue weighted by molar-refractivity contribution is 7.91. The number of imide groups is 1. The zero-order chi connectivity index (χ0) is 25.6. The number of benzene rings is 1. The summed E-state index contributed by atoms with van der Waals surface area (Å²) in [6.07, 6.45) is 0. The molecule has 0 unspecified atom stereocenters. The largest absolute Gasteiger partial charge is 0.338 e. The van der Waals surface area contributed by atoms with Crippen molar-refractivity contribution >= 4 is 39.2 Å². The SMILES string of the molecule is CC(C)(C)c1ccc([C@]2(C)NC(=O)N(CC(=O)N3CCN(S(=O)(=O)c4cccs4)CC3)C2=O)cc1. The Bertz CT molecular complexity index is 1230. The minimum absolute atomic E-state index is 0.0477. The van der Waals surface area contributed by atoms with Crippen LogP contribution in [0.2, 0.25) is 0 Å². The van der Waals surface area contributed by atoms with E-state index in [9.17, 15) is 22.8 Å². The molecule has 188 valence electrons. The second-order valence-corrected chi connectivity index (χ2v) is 13.1. The topological polar surface area (TPSA) is 107 Å². The van der Waals surface area contributed by atoms with Gasteiger partial charge in [0.2, 0.25) is 5.91 Å². The second-order valence-electron chi connectivity index (χ2n) is 9.99. The number of hydrogen-bond donors (Lipinski definition) is 1. The maximum absolute atomic E-state index is 13.2. The summed E-state index contributed by atoms with van der Waals surface area (Å²) in [7, 11) is -3.58. The first-order valence-electron chi connectivity index (χ1n) is 11.4. The molecule has 0 bridgehead atoms. The molecule has 2 saturated heterocycles. The first-order valence-corrected chi connectivity index (χ1v) is 13.7. The Kier molecular flexibility index (Phi) is 6.54. The van der Waals surface area contributed by atoms with Gasteiger partial charge in [-0.15, -0.1) is 11.3 Å². The number of nitrogens with one attached hydrogen (secondary N) is 1. The lowest BCUT2D eigenvalue weighted by atomic mass is 9.84. The summed E-state index contributed by atoms with van der Waals surface area (Å²) in [5.41, 5.74) is 0.440. The van der Waals surface area contributed by atoms with E-state index in [-0.39, 0.29) is 35.8 Å². The Balaban J connectivity index is 1.40. The van der Waals surface area contributed by atoms with Crippen molar-refractivity contribution < 1.29 is 22.8 Å². The van der Waals surface area contributed by atoms with Crippen LogP contribution >= 0.6 is 11.3 Å². The van der Waals surface area contributed by atoms with Gasteiger partial charge in [0.05, 0.1) is 0 Å². The van der Waals surface area contributed by atoms with E-state index in [4.69, 9.17) is 0 Å². The minimum atomic E-state index is -3.58. The Morgan fingerprint density at radius 3 is 2.23 bits per heavy atom. The fourth-order valence-electron chi connectivity index (χ4n) is 4.29. The molecule has 0 radical (unpaired) electrons. The highest BCUT2D eigenvalue weighted by Crippen LogP contribution is 2.31. The Labute approximate surface area is 209 Å². The molecule has 1 atom stereocenters. The molecule has 0 saturated carbocycles. The number of carbonyl (C=O) groups excluding carboxylic acids is 3. The van der Waals surface area contributed by atoms with Gasteiger partial charge in [-0.2, -0.15) is 4.31 Å². The maximum Gasteiger partial charge on any atom is 0.325 e. The Hall–Kier alpha value is -2.76. The van der Waals surface area contributed by atoms with Crippen LogP contribution in [-0.4, -0.2) is 73.1 Å². The number of rotatable bonds is 5. The third-order valence-electron chi connectivity index (χ3n) is 6.58. The molecule has 2 aromatic rings. The predicted octanol–water partition coefficient (Wildman–Crippen LogP) is 2.35. The quantitative estimate of drug-likeness (QED) is 0.612. The monoisotopic (exact) mass is 518 g/mol. The van der Waals surface area contributed by atoms with Gasteiger partial charge < -0.3 is 10.2 Å². The number of amides is 4. The molecule has 2 aliphatic heterocycles. The van der Waals surface area contributed by atoms with Gasteiger partial charge in [-0.05, 0) is 34.9 Å². The van der Waals surface area contributed by atoms with E-state index in [1.165, 1.54) is 9.21 Å². The molecule has 3 heterocycles. The van der Waals surface area contributed by atoms with Crippen LogP contribution in [0.15, 0.2) is 46.0 Å². The van der Waals surface area contributed by atoms with Gasteiger partial charge in [-0.25, -0.2) is 13.2 Å². The molecule has 2 fully saturated rings. The van der Waals surface area contributed by atoms with Crippen molar-refractivity contribution in [3.63, 3.8) is 0 Å². The lowest BCUT2D eigenvalue weighted by Crippen LogP contribution is -2.53. The lowest BCUT2D eigenvalue weighted by Gasteiger charge is -2.34. The van der Waals surface area contributed by atoms with Crippen LogP contribution in [0.1, 0.15) is 38.8 Å². The number of nitrogens with zero attached hydrogens (tertiary/aromatic N) is 3. The van der Waals surface area contributed by atoms with Crippen molar-refractivity contribution in [2.75, 3.05) is 32.7 Å². The summed E-state index contributed by atoms with van der Waals surface area (Å²) in [5.74, 6) is -0.882. The van der Waals surface area contributed by atoms with Crippen LogP contribution in [-0.2, 0) is 30.6 Å². The van der Waals surface area contributed by atoms with Crippen LogP contribution in [0.5, 0.6) is 0 Å². The van der Waals surface area contributed by atoms with Crippen molar-refractivity contribution in [3.05, 3.63) is 52.9 Å². The van der Waals surface area contributed by atoms with Crippen molar-refractivity contribution in [2.24, 2.45) is 0 Å².